The van der Waals surface area contributed by atoms with Crippen molar-refractivity contribution in [2.24, 2.45) is 0 Å². The summed E-state index contributed by atoms with van der Waals surface area (Å²) >= 11 is 5.32. The Labute approximate surface area is 172 Å². The molecule has 1 aromatic heterocycles. The fraction of sp³-hybridized carbons (Fsp3) is 0.571. The number of nitrogens with zero attached hydrogens (tertiary/aromatic N) is 4. The van der Waals surface area contributed by atoms with Crippen LogP contribution in [0.25, 0.3) is 0 Å². The molecule has 0 radical (unpaired) electrons. The molecule has 1 aliphatic rings. The standard InChI is InChI=1S/C21H31N5OS/c1-5-25(15(3)4)18-11-9-16(10-12-18)20(27)24-13-7-8-17(14-24)19-22-23-21(28)26(19)6-2/h9-12,15,17H,5-8,13-14H2,1-4H3,(H,23,28). The summed E-state index contributed by atoms with van der Waals surface area (Å²) < 4.78 is 2.69. The van der Waals surface area contributed by atoms with Crippen LogP contribution in [0.3, 0.4) is 0 Å². The second kappa shape index (κ2) is 8.90. The Bertz CT molecular complexity index is 854. The van der Waals surface area contributed by atoms with Crippen molar-refractivity contribution in [2.75, 3.05) is 24.5 Å². The first-order valence-corrected chi connectivity index (χ1v) is 10.7. The summed E-state index contributed by atoms with van der Waals surface area (Å²) in [6.07, 6.45) is 2.01. The van der Waals surface area contributed by atoms with E-state index < -0.39 is 0 Å². The number of carbonyl (C=O) groups is 1. The molecule has 1 aromatic carbocycles. The van der Waals surface area contributed by atoms with Crippen LogP contribution in [0, 0.1) is 4.77 Å². The van der Waals surface area contributed by atoms with Gasteiger partial charge in [-0.1, -0.05) is 0 Å². The highest BCUT2D eigenvalue weighted by molar-refractivity contribution is 7.71. The second-order valence-electron chi connectivity index (χ2n) is 7.65. The maximum Gasteiger partial charge on any atom is 0.253 e. The third-order valence-electron chi connectivity index (χ3n) is 5.59. The summed E-state index contributed by atoms with van der Waals surface area (Å²) in [4.78, 5) is 17.4. The smallest absolute Gasteiger partial charge is 0.253 e. The number of H-pyrrole nitrogens is 1. The molecular weight excluding hydrogens is 370 g/mol. The highest BCUT2D eigenvalue weighted by Gasteiger charge is 2.28. The predicted molar refractivity (Wildman–Crippen MR) is 116 cm³/mol. The Kier molecular flexibility index (Phi) is 6.54. The number of hydrogen-bond acceptors (Lipinski definition) is 4. The molecule has 0 saturated carbocycles. The number of nitrogens with one attached hydrogen (secondary N) is 1. The molecule has 1 saturated heterocycles. The van der Waals surface area contributed by atoms with Crippen molar-refractivity contribution < 1.29 is 4.79 Å². The molecule has 7 heteroatoms. The van der Waals surface area contributed by atoms with E-state index in [1.165, 1.54) is 0 Å². The molecule has 0 bridgehead atoms. The minimum absolute atomic E-state index is 0.0982. The number of rotatable bonds is 6. The van der Waals surface area contributed by atoms with Gasteiger partial charge in [-0.25, -0.2) is 0 Å². The molecule has 1 N–H and O–H groups in total. The molecule has 28 heavy (non-hydrogen) atoms. The van der Waals surface area contributed by atoms with E-state index in [0.29, 0.717) is 17.4 Å². The lowest BCUT2D eigenvalue weighted by Crippen LogP contribution is -2.39. The summed E-state index contributed by atoms with van der Waals surface area (Å²) in [7, 11) is 0. The number of piperidine rings is 1. The van der Waals surface area contributed by atoms with E-state index in [4.69, 9.17) is 12.2 Å². The number of aromatic amines is 1. The molecule has 152 valence electrons. The van der Waals surface area contributed by atoms with E-state index in [1.807, 2.05) is 21.6 Å². The molecule has 0 aliphatic carbocycles. The van der Waals surface area contributed by atoms with Crippen molar-refractivity contribution in [3.05, 3.63) is 40.4 Å². The van der Waals surface area contributed by atoms with E-state index in [2.05, 4.69) is 54.9 Å². The topological polar surface area (TPSA) is 57.2 Å². The fourth-order valence-corrected chi connectivity index (χ4v) is 4.41. The maximum absolute atomic E-state index is 13.1. The number of amides is 1. The van der Waals surface area contributed by atoms with E-state index in [-0.39, 0.29) is 11.8 Å². The number of carbonyl (C=O) groups excluding carboxylic acids is 1. The molecule has 2 heterocycles. The van der Waals surface area contributed by atoms with Crippen LogP contribution < -0.4 is 4.90 Å². The van der Waals surface area contributed by atoms with Gasteiger partial charge in [0.2, 0.25) is 0 Å². The van der Waals surface area contributed by atoms with Crippen molar-refractivity contribution in [1.29, 1.82) is 0 Å². The molecule has 2 aromatic rings. The van der Waals surface area contributed by atoms with Gasteiger partial charge in [0, 0.05) is 49.4 Å². The third-order valence-corrected chi connectivity index (χ3v) is 5.90. The zero-order valence-electron chi connectivity index (χ0n) is 17.3. The van der Waals surface area contributed by atoms with Crippen LogP contribution in [-0.2, 0) is 6.54 Å². The van der Waals surface area contributed by atoms with Gasteiger partial charge in [0.05, 0.1) is 0 Å². The predicted octanol–water partition coefficient (Wildman–Crippen LogP) is 4.22. The van der Waals surface area contributed by atoms with E-state index in [9.17, 15) is 4.79 Å². The first kappa shape index (κ1) is 20.6. The average molecular weight is 402 g/mol. The summed E-state index contributed by atoms with van der Waals surface area (Å²) in [5, 5.41) is 7.34. The van der Waals surface area contributed by atoms with Gasteiger partial charge in [-0.2, -0.15) is 5.10 Å². The highest BCUT2D eigenvalue weighted by Crippen LogP contribution is 2.27. The normalized spacial score (nSPS) is 17.2. The molecule has 1 atom stereocenters. The highest BCUT2D eigenvalue weighted by atomic mass is 32.1. The first-order valence-electron chi connectivity index (χ1n) is 10.3. The summed E-state index contributed by atoms with van der Waals surface area (Å²) in [6, 6.07) is 8.45. The van der Waals surface area contributed by atoms with Crippen molar-refractivity contribution in [3.63, 3.8) is 0 Å². The van der Waals surface area contributed by atoms with Crippen LogP contribution in [0.15, 0.2) is 24.3 Å². The summed E-state index contributed by atoms with van der Waals surface area (Å²) in [5.41, 5.74) is 1.91. The monoisotopic (exact) mass is 401 g/mol. The quantitative estimate of drug-likeness (QED) is 0.737. The lowest BCUT2D eigenvalue weighted by molar-refractivity contribution is 0.0703. The lowest BCUT2D eigenvalue weighted by Gasteiger charge is -2.32. The van der Waals surface area contributed by atoms with Crippen molar-refractivity contribution in [1.82, 2.24) is 19.7 Å². The fourth-order valence-electron chi connectivity index (χ4n) is 4.14. The molecule has 0 spiro atoms. The van der Waals surface area contributed by atoms with E-state index >= 15 is 0 Å². The van der Waals surface area contributed by atoms with Gasteiger partial charge >= 0.3 is 0 Å². The Morgan fingerprint density at radius 1 is 1.32 bits per heavy atom. The second-order valence-corrected chi connectivity index (χ2v) is 8.03. The molecule has 1 amide bonds. The minimum atomic E-state index is 0.0982. The number of benzene rings is 1. The summed E-state index contributed by atoms with van der Waals surface area (Å²) in [5.74, 6) is 1.29. The van der Waals surface area contributed by atoms with Crippen LogP contribution in [0.4, 0.5) is 5.69 Å². The largest absolute Gasteiger partial charge is 0.369 e. The van der Waals surface area contributed by atoms with Gasteiger partial charge in [0.25, 0.3) is 5.91 Å². The van der Waals surface area contributed by atoms with E-state index in [0.717, 1.165) is 49.6 Å². The van der Waals surface area contributed by atoms with Gasteiger partial charge in [-0.05, 0) is 77.0 Å². The average Bonchev–Trinajstić information content (AvgIpc) is 3.09. The molecule has 6 nitrogen and oxygen atoms in total. The minimum Gasteiger partial charge on any atom is -0.369 e. The Morgan fingerprint density at radius 3 is 2.64 bits per heavy atom. The molecule has 1 fully saturated rings. The third kappa shape index (κ3) is 4.14. The van der Waals surface area contributed by atoms with Gasteiger partial charge in [-0.3, -0.25) is 9.89 Å². The molecule has 3 rings (SSSR count). The lowest BCUT2D eigenvalue weighted by atomic mass is 9.96. The molecule has 1 unspecified atom stereocenters. The Hall–Kier alpha value is -2.15. The van der Waals surface area contributed by atoms with Gasteiger partial charge in [0.1, 0.15) is 5.82 Å². The molecular formula is C21H31N5OS. The van der Waals surface area contributed by atoms with Crippen LogP contribution in [0.2, 0.25) is 0 Å². The SMILES string of the molecule is CCN(c1ccc(C(=O)N2CCCC(c3n[nH]c(=S)n3CC)C2)cc1)C(C)C. The van der Waals surface area contributed by atoms with Gasteiger partial charge < -0.3 is 14.4 Å². The number of hydrogen-bond donors (Lipinski definition) is 1. The Morgan fingerprint density at radius 2 is 2.04 bits per heavy atom. The van der Waals surface area contributed by atoms with Crippen LogP contribution in [-0.4, -0.2) is 51.2 Å². The first-order chi connectivity index (χ1) is 13.5. The van der Waals surface area contributed by atoms with Crippen LogP contribution in [0.1, 0.15) is 62.6 Å². The zero-order valence-corrected chi connectivity index (χ0v) is 18.1. The maximum atomic E-state index is 13.1. The number of aromatic nitrogens is 3. The zero-order chi connectivity index (χ0) is 20.3. The number of likely N-dealkylation sites (tertiary alicyclic amines) is 1. The molecule has 1 aliphatic heterocycles. The van der Waals surface area contributed by atoms with E-state index in [1.54, 1.807) is 0 Å². The summed E-state index contributed by atoms with van der Waals surface area (Å²) in [6.45, 7) is 11.8. The number of anilines is 1. The van der Waals surface area contributed by atoms with Crippen LogP contribution >= 0.6 is 12.2 Å². The van der Waals surface area contributed by atoms with Crippen molar-refractivity contribution in [3.8, 4) is 0 Å². The van der Waals surface area contributed by atoms with Gasteiger partial charge in [-0.15, -0.1) is 0 Å². The van der Waals surface area contributed by atoms with Crippen molar-refractivity contribution >= 4 is 23.8 Å². The van der Waals surface area contributed by atoms with Crippen LogP contribution in [0.5, 0.6) is 0 Å². The Balaban J connectivity index is 1.74. The van der Waals surface area contributed by atoms with Gasteiger partial charge in [0.15, 0.2) is 4.77 Å². The van der Waals surface area contributed by atoms with Crippen molar-refractivity contribution in [2.45, 2.75) is 59.0 Å².